The van der Waals surface area contributed by atoms with Gasteiger partial charge < -0.3 is 0 Å². The smallest absolute Gasteiger partial charge is 0.123 e. The zero-order valence-corrected chi connectivity index (χ0v) is 12.1. The zero-order valence-electron chi connectivity index (χ0n) is 10.5. The van der Waals surface area contributed by atoms with Crippen molar-refractivity contribution in [2.24, 2.45) is 0 Å². The predicted molar refractivity (Wildman–Crippen MR) is 78.7 cm³/mol. The number of aromatic nitrogens is 3. The van der Waals surface area contributed by atoms with Crippen molar-refractivity contribution in [2.75, 3.05) is 0 Å². The molecule has 3 nitrogen and oxygen atoms in total. The number of hydrogen-bond acceptors (Lipinski definition) is 2. The summed E-state index contributed by atoms with van der Waals surface area (Å²) in [6.07, 6.45) is 1.82. The van der Waals surface area contributed by atoms with Gasteiger partial charge in [0.1, 0.15) is 11.5 Å². The van der Waals surface area contributed by atoms with Crippen LogP contribution in [0.25, 0.3) is 11.3 Å². The number of halogens is 2. The highest BCUT2D eigenvalue weighted by atomic mass is 79.9. The maximum atomic E-state index is 13.2. The lowest BCUT2D eigenvalue weighted by atomic mass is 10.2. The van der Waals surface area contributed by atoms with Crippen molar-refractivity contribution < 1.29 is 4.39 Å². The van der Waals surface area contributed by atoms with Crippen LogP contribution in [-0.2, 0) is 6.54 Å². The summed E-state index contributed by atoms with van der Waals surface area (Å²) in [5, 5.41) is 8.15. The van der Waals surface area contributed by atoms with E-state index < -0.39 is 0 Å². The molecule has 100 valence electrons. The molecule has 0 fully saturated rings. The topological polar surface area (TPSA) is 30.7 Å². The molecule has 0 N–H and O–H groups in total. The molecule has 0 aliphatic heterocycles. The largest absolute Gasteiger partial charge is 0.247 e. The first kappa shape index (κ1) is 13.0. The van der Waals surface area contributed by atoms with Crippen LogP contribution < -0.4 is 0 Å². The molecule has 1 heterocycles. The second-order valence-corrected chi connectivity index (χ2v) is 5.35. The number of rotatable bonds is 3. The Morgan fingerprint density at radius 3 is 2.65 bits per heavy atom. The predicted octanol–water partition coefficient (Wildman–Crippen LogP) is 3.90. The Hall–Kier alpha value is -2.01. The first-order valence-electron chi connectivity index (χ1n) is 6.11. The van der Waals surface area contributed by atoms with E-state index in [9.17, 15) is 4.39 Å². The van der Waals surface area contributed by atoms with Crippen LogP contribution >= 0.6 is 15.9 Å². The van der Waals surface area contributed by atoms with Gasteiger partial charge in [-0.1, -0.05) is 45.4 Å². The fraction of sp³-hybridized carbons (Fsp3) is 0.0667. The molecule has 0 spiro atoms. The minimum absolute atomic E-state index is 0.273. The average molecular weight is 332 g/mol. The first-order valence-corrected chi connectivity index (χ1v) is 6.90. The highest BCUT2D eigenvalue weighted by Crippen LogP contribution is 2.17. The van der Waals surface area contributed by atoms with Gasteiger partial charge in [-0.3, -0.25) is 0 Å². The molecule has 0 saturated heterocycles. The molecule has 20 heavy (non-hydrogen) atoms. The van der Waals surface area contributed by atoms with Crippen molar-refractivity contribution in [2.45, 2.75) is 6.54 Å². The summed E-state index contributed by atoms with van der Waals surface area (Å²) in [5.74, 6) is -0.273. The number of benzene rings is 2. The van der Waals surface area contributed by atoms with E-state index in [2.05, 4.69) is 26.2 Å². The van der Waals surface area contributed by atoms with Crippen molar-refractivity contribution in [3.63, 3.8) is 0 Å². The van der Waals surface area contributed by atoms with Crippen LogP contribution in [0.4, 0.5) is 4.39 Å². The average Bonchev–Trinajstić information content (AvgIpc) is 2.90. The molecule has 3 rings (SSSR count). The lowest BCUT2D eigenvalue weighted by Crippen LogP contribution is -1.99. The van der Waals surface area contributed by atoms with Gasteiger partial charge in [0, 0.05) is 10.0 Å². The van der Waals surface area contributed by atoms with Crippen molar-refractivity contribution >= 4 is 15.9 Å². The van der Waals surface area contributed by atoms with E-state index in [1.807, 2.05) is 36.5 Å². The quantitative estimate of drug-likeness (QED) is 0.728. The Bertz CT molecular complexity index is 722. The molecule has 1 aromatic heterocycles. The van der Waals surface area contributed by atoms with Crippen LogP contribution in [0, 0.1) is 5.82 Å². The van der Waals surface area contributed by atoms with E-state index in [0.29, 0.717) is 12.2 Å². The third kappa shape index (κ3) is 2.93. The second kappa shape index (κ2) is 5.54. The third-order valence-corrected chi connectivity index (χ3v) is 3.45. The Morgan fingerprint density at radius 1 is 1.10 bits per heavy atom. The van der Waals surface area contributed by atoms with Gasteiger partial charge in [-0.25, -0.2) is 9.07 Å². The molecule has 5 heteroatoms. The van der Waals surface area contributed by atoms with Crippen molar-refractivity contribution in [1.29, 1.82) is 0 Å². The van der Waals surface area contributed by atoms with Gasteiger partial charge in [0.25, 0.3) is 0 Å². The van der Waals surface area contributed by atoms with Gasteiger partial charge in [-0.2, -0.15) is 0 Å². The van der Waals surface area contributed by atoms with E-state index in [0.717, 1.165) is 15.6 Å². The molecule has 3 aromatic rings. The molecule has 0 saturated carbocycles. The normalized spacial score (nSPS) is 10.7. The maximum absolute atomic E-state index is 13.2. The van der Waals surface area contributed by atoms with Gasteiger partial charge >= 0.3 is 0 Å². The highest BCUT2D eigenvalue weighted by molar-refractivity contribution is 9.10. The molecular formula is C15H11BrFN3. The Kier molecular flexibility index (Phi) is 3.60. The molecule has 0 bridgehead atoms. The van der Waals surface area contributed by atoms with Crippen molar-refractivity contribution in [1.82, 2.24) is 15.0 Å². The van der Waals surface area contributed by atoms with Crippen molar-refractivity contribution in [3.8, 4) is 11.3 Å². The van der Waals surface area contributed by atoms with Crippen LogP contribution in [0.15, 0.2) is 59.2 Å². The van der Waals surface area contributed by atoms with Gasteiger partial charge in [-0.05, 0) is 29.8 Å². The molecule has 0 unspecified atom stereocenters. The molecule has 0 amide bonds. The summed E-state index contributed by atoms with van der Waals surface area (Å²) >= 11 is 3.40. The van der Waals surface area contributed by atoms with E-state index in [1.54, 1.807) is 10.7 Å². The molecular weight excluding hydrogens is 321 g/mol. The van der Waals surface area contributed by atoms with Gasteiger partial charge in [0.15, 0.2) is 0 Å². The van der Waals surface area contributed by atoms with Crippen LogP contribution in [0.1, 0.15) is 5.56 Å². The second-order valence-electron chi connectivity index (χ2n) is 4.44. The molecule has 0 aliphatic rings. The van der Waals surface area contributed by atoms with Crippen LogP contribution in [0.5, 0.6) is 0 Å². The highest BCUT2D eigenvalue weighted by Gasteiger charge is 2.05. The minimum atomic E-state index is -0.273. The van der Waals surface area contributed by atoms with Gasteiger partial charge in [-0.15, -0.1) is 5.10 Å². The first-order chi connectivity index (χ1) is 9.70. The van der Waals surface area contributed by atoms with Gasteiger partial charge in [0.2, 0.25) is 0 Å². The molecule has 0 atom stereocenters. The molecule has 0 radical (unpaired) electrons. The molecule has 2 aromatic carbocycles. The summed E-state index contributed by atoms with van der Waals surface area (Å²) in [5.41, 5.74) is 2.53. The van der Waals surface area contributed by atoms with E-state index in [-0.39, 0.29) is 5.82 Å². The Labute approximate surface area is 124 Å². The Balaban J connectivity index is 1.82. The number of hydrogen-bond donors (Lipinski definition) is 0. The summed E-state index contributed by atoms with van der Waals surface area (Å²) in [7, 11) is 0. The lowest BCUT2D eigenvalue weighted by molar-refractivity contribution is 0.628. The minimum Gasteiger partial charge on any atom is -0.247 e. The number of nitrogens with zero attached hydrogens (tertiary/aromatic N) is 3. The van der Waals surface area contributed by atoms with Crippen molar-refractivity contribution in [3.05, 3.63) is 70.6 Å². The maximum Gasteiger partial charge on any atom is 0.123 e. The van der Waals surface area contributed by atoms with E-state index in [4.69, 9.17) is 0 Å². The van der Waals surface area contributed by atoms with Crippen LogP contribution in [0.2, 0.25) is 0 Å². The lowest BCUT2D eigenvalue weighted by Gasteiger charge is -2.00. The van der Waals surface area contributed by atoms with Crippen LogP contribution in [-0.4, -0.2) is 15.0 Å². The monoisotopic (exact) mass is 331 g/mol. The Morgan fingerprint density at radius 2 is 1.90 bits per heavy atom. The fourth-order valence-electron chi connectivity index (χ4n) is 1.93. The fourth-order valence-corrected chi connectivity index (χ4v) is 2.20. The summed E-state index contributed by atoms with van der Waals surface area (Å²) < 4.78 is 16.0. The van der Waals surface area contributed by atoms with Gasteiger partial charge in [0.05, 0.1) is 12.7 Å². The van der Waals surface area contributed by atoms with Crippen LogP contribution in [0.3, 0.4) is 0 Å². The zero-order chi connectivity index (χ0) is 13.9. The SMILES string of the molecule is Fc1cccc(-c2cn(Cc3ccc(Br)cc3)nn2)c1. The summed E-state index contributed by atoms with van der Waals surface area (Å²) in [6.45, 7) is 0.635. The van der Waals surface area contributed by atoms with E-state index in [1.165, 1.54) is 12.1 Å². The van der Waals surface area contributed by atoms with E-state index >= 15 is 0 Å². The summed E-state index contributed by atoms with van der Waals surface area (Å²) in [4.78, 5) is 0. The third-order valence-electron chi connectivity index (χ3n) is 2.92. The molecule has 0 aliphatic carbocycles. The summed E-state index contributed by atoms with van der Waals surface area (Å²) in [6, 6.07) is 14.4. The standard InChI is InChI=1S/C15H11BrFN3/c16-13-6-4-11(5-7-13)9-20-10-15(18-19-20)12-2-1-3-14(17)8-12/h1-8,10H,9H2.